The second kappa shape index (κ2) is 6.36. The van der Waals surface area contributed by atoms with E-state index in [9.17, 15) is 4.79 Å². The first kappa shape index (κ1) is 14.8. The second-order valence-corrected chi connectivity index (χ2v) is 5.67. The number of para-hydroxylation sites is 1. The van der Waals surface area contributed by atoms with Gasteiger partial charge in [0.1, 0.15) is 5.75 Å². The van der Waals surface area contributed by atoms with Crippen LogP contribution in [0.1, 0.15) is 12.0 Å². The molecule has 0 spiro atoms. The zero-order valence-corrected chi connectivity index (χ0v) is 13.0. The molecule has 1 fully saturated rings. The smallest absolute Gasteiger partial charge is 0.266 e. The predicted octanol–water partition coefficient (Wildman–Crippen LogP) is 0.962. The number of methoxy groups -OCH3 is 1. The number of oxime groups is 1. The number of benzene rings is 1. The van der Waals surface area contributed by atoms with Gasteiger partial charge in [-0.3, -0.25) is 4.79 Å². The third-order valence-electron chi connectivity index (χ3n) is 4.18. The van der Waals surface area contributed by atoms with Crippen LogP contribution in [0.2, 0.25) is 0 Å². The van der Waals surface area contributed by atoms with E-state index in [0.29, 0.717) is 6.42 Å². The van der Waals surface area contributed by atoms with Crippen LogP contribution in [0.25, 0.3) is 0 Å². The molecule has 6 nitrogen and oxygen atoms in total. The average Bonchev–Trinajstić information content (AvgIpc) is 3.04. The molecule has 6 heteroatoms. The van der Waals surface area contributed by atoms with Crippen molar-refractivity contribution in [2.24, 2.45) is 5.16 Å². The van der Waals surface area contributed by atoms with Gasteiger partial charge in [0, 0.05) is 38.2 Å². The summed E-state index contributed by atoms with van der Waals surface area (Å²) in [6, 6.07) is 7.65. The monoisotopic (exact) mass is 303 g/mol. The van der Waals surface area contributed by atoms with Crippen molar-refractivity contribution in [3.63, 3.8) is 0 Å². The van der Waals surface area contributed by atoms with Crippen molar-refractivity contribution in [3.05, 3.63) is 29.8 Å². The summed E-state index contributed by atoms with van der Waals surface area (Å²) in [5.41, 5.74) is 1.66. The Hall–Kier alpha value is -2.08. The van der Waals surface area contributed by atoms with Crippen molar-refractivity contribution in [3.8, 4) is 5.75 Å². The van der Waals surface area contributed by atoms with Crippen LogP contribution < -0.4 is 4.74 Å². The quantitative estimate of drug-likeness (QED) is 0.835. The Labute approximate surface area is 130 Å². The summed E-state index contributed by atoms with van der Waals surface area (Å²) in [6.07, 6.45) is -0.0192. The summed E-state index contributed by atoms with van der Waals surface area (Å²) in [5.74, 6) is 0.777. The second-order valence-electron chi connectivity index (χ2n) is 5.67. The molecule has 1 atom stereocenters. The van der Waals surface area contributed by atoms with E-state index in [1.807, 2.05) is 29.2 Å². The summed E-state index contributed by atoms with van der Waals surface area (Å²) in [5, 5.41) is 4.11. The maximum atomic E-state index is 12.5. The van der Waals surface area contributed by atoms with Crippen molar-refractivity contribution in [2.75, 3.05) is 40.3 Å². The molecule has 0 aromatic heterocycles. The maximum Gasteiger partial charge on any atom is 0.266 e. The van der Waals surface area contributed by atoms with E-state index in [1.165, 1.54) is 0 Å². The zero-order valence-electron chi connectivity index (χ0n) is 13.0. The molecule has 1 aromatic carbocycles. The van der Waals surface area contributed by atoms with Crippen molar-refractivity contribution < 1.29 is 14.4 Å². The fraction of sp³-hybridized carbons (Fsp3) is 0.500. The van der Waals surface area contributed by atoms with Gasteiger partial charge in [0.15, 0.2) is 0 Å². The Bertz CT molecular complexity index is 580. The zero-order chi connectivity index (χ0) is 15.5. The van der Waals surface area contributed by atoms with Crippen molar-refractivity contribution in [2.45, 2.75) is 12.5 Å². The first-order chi connectivity index (χ1) is 10.7. The summed E-state index contributed by atoms with van der Waals surface area (Å²) in [4.78, 5) is 22.0. The maximum absolute atomic E-state index is 12.5. The number of hydrogen-bond donors (Lipinski definition) is 0. The summed E-state index contributed by atoms with van der Waals surface area (Å²) < 4.78 is 5.34. The molecule has 0 aliphatic carbocycles. The van der Waals surface area contributed by atoms with Gasteiger partial charge in [-0.25, -0.2) is 0 Å². The Morgan fingerprint density at radius 1 is 1.27 bits per heavy atom. The van der Waals surface area contributed by atoms with Crippen LogP contribution in [-0.2, 0) is 9.63 Å². The topological polar surface area (TPSA) is 54.4 Å². The molecule has 3 rings (SSSR count). The van der Waals surface area contributed by atoms with E-state index in [1.54, 1.807) is 7.11 Å². The lowest BCUT2D eigenvalue weighted by atomic mass is 10.0. The van der Waals surface area contributed by atoms with E-state index in [2.05, 4.69) is 17.1 Å². The van der Waals surface area contributed by atoms with Gasteiger partial charge in [-0.05, 0) is 19.2 Å². The molecule has 1 unspecified atom stereocenters. The van der Waals surface area contributed by atoms with Gasteiger partial charge in [0.2, 0.25) is 6.10 Å². The summed E-state index contributed by atoms with van der Waals surface area (Å²) in [7, 11) is 3.69. The molecule has 0 N–H and O–H groups in total. The number of amides is 1. The molecule has 0 bridgehead atoms. The summed E-state index contributed by atoms with van der Waals surface area (Å²) in [6.45, 7) is 3.30. The largest absolute Gasteiger partial charge is 0.496 e. The highest BCUT2D eigenvalue weighted by molar-refractivity contribution is 6.05. The van der Waals surface area contributed by atoms with Gasteiger partial charge in [0.05, 0.1) is 12.8 Å². The van der Waals surface area contributed by atoms with E-state index >= 15 is 0 Å². The van der Waals surface area contributed by atoms with E-state index in [0.717, 1.165) is 43.2 Å². The van der Waals surface area contributed by atoms with E-state index < -0.39 is 6.10 Å². The molecule has 118 valence electrons. The van der Waals surface area contributed by atoms with Crippen LogP contribution in [0.3, 0.4) is 0 Å². The van der Waals surface area contributed by atoms with Crippen LogP contribution in [0, 0.1) is 0 Å². The van der Waals surface area contributed by atoms with Gasteiger partial charge in [-0.2, -0.15) is 0 Å². The third-order valence-corrected chi connectivity index (χ3v) is 4.18. The average molecular weight is 303 g/mol. The molecule has 0 radical (unpaired) electrons. The first-order valence-corrected chi connectivity index (χ1v) is 7.52. The van der Waals surface area contributed by atoms with Crippen molar-refractivity contribution in [1.29, 1.82) is 0 Å². The Morgan fingerprint density at radius 2 is 2.00 bits per heavy atom. The lowest BCUT2D eigenvalue weighted by Crippen LogP contribution is -2.50. The molecule has 22 heavy (non-hydrogen) atoms. The number of nitrogens with zero attached hydrogens (tertiary/aromatic N) is 3. The minimum atomic E-state index is -0.511. The highest BCUT2D eigenvalue weighted by Crippen LogP contribution is 2.25. The van der Waals surface area contributed by atoms with Gasteiger partial charge in [-0.1, -0.05) is 17.3 Å². The normalized spacial score (nSPS) is 22.2. The number of carbonyl (C=O) groups excluding carboxylic acids is 1. The highest BCUT2D eigenvalue weighted by atomic mass is 16.6. The molecule has 0 saturated carbocycles. The van der Waals surface area contributed by atoms with Crippen molar-refractivity contribution >= 4 is 11.6 Å². The molecule has 1 aromatic rings. The van der Waals surface area contributed by atoms with Crippen LogP contribution in [0.5, 0.6) is 5.75 Å². The molecular weight excluding hydrogens is 282 g/mol. The SMILES string of the molecule is COc1ccccc1C1=NOC(C(=O)N2CCN(C)CC2)C1. The number of carbonyl (C=O) groups is 1. The predicted molar refractivity (Wildman–Crippen MR) is 83.1 cm³/mol. The highest BCUT2D eigenvalue weighted by Gasteiger charge is 2.34. The first-order valence-electron chi connectivity index (χ1n) is 7.52. The molecule has 1 amide bonds. The van der Waals surface area contributed by atoms with Crippen molar-refractivity contribution in [1.82, 2.24) is 9.80 Å². The Balaban J connectivity index is 1.65. The van der Waals surface area contributed by atoms with Crippen LogP contribution >= 0.6 is 0 Å². The summed E-state index contributed by atoms with van der Waals surface area (Å²) >= 11 is 0. The lowest BCUT2D eigenvalue weighted by Gasteiger charge is -2.33. The number of hydrogen-bond acceptors (Lipinski definition) is 5. The standard InChI is InChI=1S/C16H21N3O3/c1-18-7-9-19(10-8-18)16(20)15-11-13(17-22-15)12-5-3-4-6-14(12)21-2/h3-6,15H,7-11H2,1-2H3. The Kier molecular flexibility index (Phi) is 4.29. The lowest BCUT2D eigenvalue weighted by molar-refractivity contribution is -0.143. The molecule has 2 aliphatic heterocycles. The number of likely N-dealkylation sites (N-methyl/N-ethyl adjacent to an activating group) is 1. The van der Waals surface area contributed by atoms with Crippen LogP contribution in [0.4, 0.5) is 0 Å². The fourth-order valence-corrected chi connectivity index (χ4v) is 2.78. The van der Waals surface area contributed by atoms with Crippen LogP contribution in [0.15, 0.2) is 29.4 Å². The number of piperazine rings is 1. The Morgan fingerprint density at radius 3 is 2.73 bits per heavy atom. The number of ether oxygens (including phenoxy) is 1. The van der Waals surface area contributed by atoms with Crippen LogP contribution in [-0.4, -0.2) is 67.9 Å². The van der Waals surface area contributed by atoms with Gasteiger partial charge in [-0.15, -0.1) is 0 Å². The molecule has 2 aliphatic rings. The minimum absolute atomic E-state index is 0.0294. The van der Waals surface area contributed by atoms with Gasteiger partial charge >= 0.3 is 0 Å². The van der Waals surface area contributed by atoms with Gasteiger partial charge < -0.3 is 19.4 Å². The molecular formula is C16H21N3O3. The molecule has 1 saturated heterocycles. The number of rotatable bonds is 3. The van der Waals surface area contributed by atoms with E-state index in [-0.39, 0.29) is 5.91 Å². The third kappa shape index (κ3) is 2.92. The van der Waals surface area contributed by atoms with E-state index in [4.69, 9.17) is 9.57 Å². The fourth-order valence-electron chi connectivity index (χ4n) is 2.78. The molecule has 2 heterocycles. The minimum Gasteiger partial charge on any atom is -0.496 e. The van der Waals surface area contributed by atoms with Gasteiger partial charge in [0.25, 0.3) is 5.91 Å².